The van der Waals surface area contributed by atoms with Gasteiger partial charge in [0.15, 0.2) is 5.82 Å². The summed E-state index contributed by atoms with van der Waals surface area (Å²) >= 11 is 0. The summed E-state index contributed by atoms with van der Waals surface area (Å²) in [6.07, 6.45) is 1.86. The summed E-state index contributed by atoms with van der Waals surface area (Å²) in [7, 11) is -0.425. The quantitative estimate of drug-likeness (QED) is 0.224. The third kappa shape index (κ3) is 4.54. The van der Waals surface area contributed by atoms with Crippen molar-refractivity contribution in [3.63, 3.8) is 0 Å². The molecule has 1 aromatic heterocycles. The predicted octanol–water partition coefficient (Wildman–Crippen LogP) is 7.02. The molecule has 186 valence electrons. The highest BCUT2D eigenvalue weighted by atomic mass is 16.7. The van der Waals surface area contributed by atoms with E-state index in [9.17, 15) is 0 Å². The molecule has 37 heavy (non-hydrogen) atoms. The summed E-state index contributed by atoms with van der Waals surface area (Å²) in [5.41, 5.74) is 7.28. The number of hydrogen-bond donors (Lipinski definition) is 0. The number of nitrogens with zero attached hydrogens (tertiary/aromatic N) is 2. The molecule has 1 aliphatic rings. The molecule has 3 aromatic carbocycles. The third-order valence-electron chi connectivity index (χ3n) is 7.69. The molecule has 0 bridgehead atoms. The molecular weight excluding hydrogens is 455 g/mol. The molecule has 0 N–H and O–H groups in total. The monoisotopic (exact) mass is 488 g/mol. The molecule has 0 atom stereocenters. The Hall–Kier alpha value is -3.54. The number of rotatable bonds is 5. The molecule has 0 amide bonds. The first-order chi connectivity index (χ1) is 17.6. The van der Waals surface area contributed by atoms with E-state index in [2.05, 4.69) is 84.5 Å². The van der Waals surface area contributed by atoms with Crippen LogP contribution in [-0.2, 0) is 9.31 Å². The largest absolute Gasteiger partial charge is 0.494 e. The van der Waals surface area contributed by atoms with E-state index < -0.39 is 18.3 Å². The maximum Gasteiger partial charge on any atom is 0.494 e. The Morgan fingerprint density at radius 2 is 1.51 bits per heavy atom. The van der Waals surface area contributed by atoms with Crippen LogP contribution in [0.1, 0.15) is 51.6 Å². The lowest BCUT2D eigenvalue weighted by atomic mass is 9.77. The minimum Gasteiger partial charge on any atom is -0.399 e. The summed E-state index contributed by atoms with van der Waals surface area (Å²) in [6.45, 7) is 16.7. The predicted molar refractivity (Wildman–Crippen MR) is 155 cm³/mol. The van der Waals surface area contributed by atoms with E-state index in [0.717, 1.165) is 49.9 Å². The summed E-state index contributed by atoms with van der Waals surface area (Å²) in [5.74, 6) is 0.658. The molecule has 2 heterocycles. The summed E-state index contributed by atoms with van der Waals surface area (Å²) in [5, 5.41) is 1.03. The van der Waals surface area contributed by atoms with E-state index in [0.29, 0.717) is 5.82 Å². The number of aromatic nitrogens is 2. The normalized spacial score (nSPS) is 17.1. The fraction of sp³-hybridized carbons (Fsp3) is 0.250. The molecular formula is C32H33BN2O2. The van der Waals surface area contributed by atoms with Crippen LogP contribution in [0.3, 0.4) is 0 Å². The Kier molecular flexibility index (Phi) is 6.39. The fourth-order valence-corrected chi connectivity index (χ4v) is 4.74. The fourth-order valence-electron chi connectivity index (χ4n) is 4.74. The van der Waals surface area contributed by atoms with Crippen molar-refractivity contribution in [2.45, 2.75) is 52.7 Å². The number of allylic oxidation sites excluding steroid dienone is 3. The van der Waals surface area contributed by atoms with Gasteiger partial charge in [-0.2, -0.15) is 0 Å². The summed E-state index contributed by atoms with van der Waals surface area (Å²) < 4.78 is 12.7. The van der Waals surface area contributed by atoms with Crippen LogP contribution in [0, 0.1) is 6.92 Å². The van der Waals surface area contributed by atoms with Gasteiger partial charge in [0, 0.05) is 16.5 Å². The van der Waals surface area contributed by atoms with Crippen LogP contribution < -0.4 is 5.46 Å². The average molecular weight is 488 g/mol. The van der Waals surface area contributed by atoms with Crippen LogP contribution in [-0.4, -0.2) is 28.3 Å². The molecule has 1 aliphatic heterocycles. The molecule has 0 radical (unpaired) electrons. The SMILES string of the molecule is C=C/C(=C(\C)c1cc(B2OC(C)(C)C(C)(C)O2)ccc1C)c1nc(-c2ccccc2)c2ccccc2n1. The molecule has 4 nitrogen and oxygen atoms in total. The highest BCUT2D eigenvalue weighted by Crippen LogP contribution is 2.37. The van der Waals surface area contributed by atoms with Crippen molar-refractivity contribution in [3.8, 4) is 11.3 Å². The number of fused-ring (bicyclic) bond motifs is 1. The lowest BCUT2D eigenvalue weighted by molar-refractivity contribution is 0.00578. The van der Waals surface area contributed by atoms with Crippen LogP contribution in [0.4, 0.5) is 0 Å². The average Bonchev–Trinajstić information content (AvgIpc) is 3.11. The molecule has 1 fully saturated rings. The van der Waals surface area contributed by atoms with E-state index in [1.54, 1.807) is 0 Å². The van der Waals surface area contributed by atoms with Crippen molar-refractivity contribution < 1.29 is 9.31 Å². The van der Waals surface area contributed by atoms with Crippen molar-refractivity contribution in [2.75, 3.05) is 0 Å². The Morgan fingerprint density at radius 3 is 2.19 bits per heavy atom. The van der Waals surface area contributed by atoms with Gasteiger partial charge in [-0.1, -0.05) is 79.4 Å². The first-order valence-electron chi connectivity index (χ1n) is 12.7. The second-order valence-electron chi connectivity index (χ2n) is 10.7. The van der Waals surface area contributed by atoms with Crippen LogP contribution in [0.2, 0.25) is 0 Å². The van der Waals surface area contributed by atoms with Gasteiger partial charge in [-0.3, -0.25) is 0 Å². The summed E-state index contributed by atoms with van der Waals surface area (Å²) in [6, 6.07) is 24.8. The highest BCUT2D eigenvalue weighted by molar-refractivity contribution is 6.62. The minimum absolute atomic E-state index is 0.396. The van der Waals surface area contributed by atoms with Gasteiger partial charge in [0.25, 0.3) is 0 Å². The number of hydrogen-bond acceptors (Lipinski definition) is 4. The van der Waals surface area contributed by atoms with Crippen molar-refractivity contribution >= 4 is 34.6 Å². The molecule has 5 heteroatoms. The zero-order valence-corrected chi connectivity index (χ0v) is 22.5. The van der Waals surface area contributed by atoms with E-state index in [1.165, 1.54) is 0 Å². The van der Waals surface area contributed by atoms with Gasteiger partial charge in [0.1, 0.15) is 0 Å². The Labute approximate surface area is 220 Å². The first kappa shape index (κ1) is 25.1. The van der Waals surface area contributed by atoms with Crippen molar-refractivity contribution in [1.29, 1.82) is 0 Å². The van der Waals surface area contributed by atoms with Gasteiger partial charge in [-0.25, -0.2) is 9.97 Å². The van der Waals surface area contributed by atoms with Gasteiger partial charge in [0.05, 0.1) is 22.4 Å². The first-order valence-corrected chi connectivity index (χ1v) is 12.7. The number of aryl methyl sites for hydroxylation is 1. The second-order valence-corrected chi connectivity index (χ2v) is 10.7. The lowest BCUT2D eigenvalue weighted by Crippen LogP contribution is -2.41. The Balaban J connectivity index is 1.64. The smallest absolute Gasteiger partial charge is 0.399 e. The zero-order chi connectivity index (χ0) is 26.4. The summed E-state index contributed by atoms with van der Waals surface area (Å²) in [4.78, 5) is 10.0. The van der Waals surface area contributed by atoms with Gasteiger partial charge in [-0.05, 0) is 69.8 Å². The topological polar surface area (TPSA) is 44.2 Å². The van der Waals surface area contributed by atoms with Crippen molar-refractivity contribution in [2.24, 2.45) is 0 Å². The zero-order valence-electron chi connectivity index (χ0n) is 22.5. The second kappa shape index (κ2) is 9.40. The standard InChI is InChI=1S/C32H33BN2O2/c1-8-25(30-34-28-17-13-12-16-26(28)29(35-30)23-14-10-9-11-15-23)22(3)27-20-24(19-18-21(27)2)33-36-31(4,5)32(6,7)37-33/h8-20H,1H2,2-7H3/b25-22-. The van der Waals surface area contributed by atoms with Gasteiger partial charge >= 0.3 is 7.12 Å². The van der Waals surface area contributed by atoms with Crippen molar-refractivity contribution in [3.05, 3.63) is 102 Å². The molecule has 0 saturated carbocycles. The van der Waals surface area contributed by atoms with Crippen LogP contribution in [0.15, 0.2) is 85.5 Å². The van der Waals surface area contributed by atoms with E-state index >= 15 is 0 Å². The minimum atomic E-state index is -0.425. The third-order valence-corrected chi connectivity index (χ3v) is 7.69. The molecule has 0 unspecified atom stereocenters. The number of para-hydroxylation sites is 1. The maximum atomic E-state index is 6.33. The van der Waals surface area contributed by atoms with Gasteiger partial charge < -0.3 is 9.31 Å². The molecule has 4 aromatic rings. The van der Waals surface area contributed by atoms with Gasteiger partial charge in [-0.15, -0.1) is 0 Å². The Bertz CT molecular complexity index is 1510. The van der Waals surface area contributed by atoms with E-state index in [-0.39, 0.29) is 0 Å². The molecule has 5 rings (SSSR count). The van der Waals surface area contributed by atoms with Crippen molar-refractivity contribution in [1.82, 2.24) is 9.97 Å². The Morgan fingerprint density at radius 1 is 0.865 bits per heavy atom. The van der Waals surface area contributed by atoms with Crippen LogP contribution in [0.5, 0.6) is 0 Å². The number of benzene rings is 3. The van der Waals surface area contributed by atoms with E-state index in [1.807, 2.05) is 42.5 Å². The highest BCUT2D eigenvalue weighted by Gasteiger charge is 2.51. The van der Waals surface area contributed by atoms with E-state index in [4.69, 9.17) is 19.3 Å². The van der Waals surface area contributed by atoms with Crippen LogP contribution in [0.25, 0.3) is 33.3 Å². The molecule has 0 aliphatic carbocycles. The maximum absolute atomic E-state index is 6.33. The van der Waals surface area contributed by atoms with Crippen LogP contribution >= 0.6 is 0 Å². The lowest BCUT2D eigenvalue weighted by Gasteiger charge is -2.32. The molecule has 0 spiro atoms. The van der Waals surface area contributed by atoms with Gasteiger partial charge in [0.2, 0.25) is 0 Å². The molecule has 1 saturated heterocycles.